The lowest BCUT2D eigenvalue weighted by molar-refractivity contribution is -0.140. The molecule has 2 amide bonds. The van der Waals surface area contributed by atoms with Crippen molar-refractivity contribution in [2.75, 3.05) is 6.54 Å². The van der Waals surface area contributed by atoms with Crippen LogP contribution in [0, 0.1) is 0 Å². The maximum absolute atomic E-state index is 13.4. The Balaban J connectivity index is 1.76. The molecule has 0 heterocycles. The molecule has 0 radical (unpaired) electrons. The van der Waals surface area contributed by atoms with E-state index >= 15 is 0 Å². The first kappa shape index (κ1) is 24.0. The van der Waals surface area contributed by atoms with Crippen molar-refractivity contribution < 1.29 is 9.59 Å². The zero-order chi connectivity index (χ0) is 22.9. The standard InChI is InChI=1S/C27H31BrN2O2/c1-3-4-17-29-27(32)20(2)30(19-21-9-7-13-24(28)18-21)26(31)16-15-23-12-8-11-22-10-5-6-14-25(22)23/h5-14,18,20H,3-4,15-17,19H2,1-2H3,(H,29,32)/t20-/m1/s1. The summed E-state index contributed by atoms with van der Waals surface area (Å²) in [6.07, 6.45) is 2.94. The van der Waals surface area contributed by atoms with Crippen LogP contribution in [0.2, 0.25) is 0 Å². The topological polar surface area (TPSA) is 49.4 Å². The molecule has 0 saturated carbocycles. The van der Waals surface area contributed by atoms with Crippen LogP contribution in [0.5, 0.6) is 0 Å². The van der Waals surface area contributed by atoms with Gasteiger partial charge in [-0.05, 0) is 53.8 Å². The second-order valence-electron chi connectivity index (χ2n) is 8.11. The second kappa shape index (κ2) is 11.8. The lowest BCUT2D eigenvalue weighted by atomic mass is 10.0. The minimum atomic E-state index is -0.536. The zero-order valence-electron chi connectivity index (χ0n) is 18.8. The fourth-order valence-electron chi connectivity index (χ4n) is 3.85. The van der Waals surface area contributed by atoms with Crippen molar-refractivity contribution in [2.24, 2.45) is 0 Å². The van der Waals surface area contributed by atoms with Crippen LogP contribution in [-0.2, 0) is 22.6 Å². The number of carbonyl (C=O) groups is 2. The molecule has 5 heteroatoms. The molecular weight excluding hydrogens is 464 g/mol. The van der Waals surface area contributed by atoms with Crippen LogP contribution in [0.4, 0.5) is 0 Å². The molecule has 3 aromatic carbocycles. The van der Waals surface area contributed by atoms with E-state index in [1.165, 1.54) is 10.8 Å². The number of nitrogens with one attached hydrogen (secondary N) is 1. The van der Waals surface area contributed by atoms with Gasteiger partial charge in [0.15, 0.2) is 0 Å². The van der Waals surface area contributed by atoms with E-state index in [0.29, 0.717) is 25.9 Å². The Kier molecular flexibility index (Phi) is 8.86. The van der Waals surface area contributed by atoms with Crippen molar-refractivity contribution in [3.63, 3.8) is 0 Å². The summed E-state index contributed by atoms with van der Waals surface area (Å²) in [7, 11) is 0. The molecule has 0 unspecified atom stereocenters. The molecule has 3 rings (SSSR count). The molecule has 0 aliphatic heterocycles. The Labute approximate surface area is 199 Å². The van der Waals surface area contributed by atoms with E-state index in [9.17, 15) is 9.59 Å². The monoisotopic (exact) mass is 494 g/mol. The van der Waals surface area contributed by atoms with Crippen LogP contribution < -0.4 is 5.32 Å². The Morgan fingerprint density at radius 2 is 1.78 bits per heavy atom. The number of fused-ring (bicyclic) bond motifs is 1. The van der Waals surface area contributed by atoms with Crippen molar-refractivity contribution in [3.05, 3.63) is 82.3 Å². The van der Waals surface area contributed by atoms with Gasteiger partial charge in [0.05, 0.1) is 0 Å². The number of hydrogen-bond donors (Lipinski definition) is 1. The normalized spacial score (nSPS) is 11.8. The van der Waals surface area contributed by atoms with Gasteiger partial charge in [-0.3, -0.25) is 9.59 Å². The SMILES string of the molecule is CCCCNC(=O)[C@@H](C)N(Cc1cccc(Br)c1)C(=O)CCc1cccc2ccccc12. The van der Waals surface area contributed by atoms with Gasteiger partial charge in [-0.2, -0.15) is 0 Å². The average Bonchev–Trinajstić information content (AvgIpc) is 2.80. The molecule has 0 spiro atoms. The Hall–Kier alpha value is -2.66. The molecule has 0 aliphatic rings. The van der Waals surface area contributed by atoms with Crippen molar-refractivity contribution in [1.82, 2.24) is 10.2 Å². The van der Waals surface area contributed by atoms with Gasteiger partial charge in [0.1, 0.15) is 6.04 Å². The highest BCUT2D eigenvalue weighted by molar-refractivity contribution is 9.10. The Bertz CT molecular complexity index is 1060. The number of unbranched alkanes of at least 4 members (excludes halogenated alkanes) is 1. The number of aryl methyl sites for hydroxylation is 1. The van der Waals surface area contributed by atoms with E-state index in [0.717, 1.165) is 28.4 Å². The highest BCUT2D eigenvalue weighted by atomic mass is 79.9. The maximum atomic E-state index is 13.4. The fraction of sp³-hybridized carbons (Fsp3) is 0.333. The largest absolute Gasteiger partial charge is 0.354 e. The van der Waals surface area contributed by atoms with E-state index in [1.807, 2.05) is 49.4 Å². The predicted molar refractivity (Wildman–Crippen MR) is 134 cm³/mol. The first-order chi connectivity index (χ1) is 15.5. The van der Waals surface area contributed by atoms with Gasteiger partial charge in [-0.15, -0.1) is 0 Å². The van der Waals surface area contributed by atoms with Gasteiger partial charge >= 0.3 is 0 Å². The minimum Gasteiger partial charge on any atom is -0.354 e. The van der Waals surface area contributed by atoms with E-state index in [1.54, 1.807) is 4.90 Å². The molecule has 1 atom stereocenters. The number of carbonyl (C=O) groups excluding carboxylic acids is 2. The minimum absolute atomic E-state index is 0.0175. The van der Waals surface area contributed by atoms with Crippen LogP contribution in [0.3, 0.4) is 0 Å². The summed E-state index contributed by atoms with van der Waals surface area (Å²) in [6, 6.07) is 21.8. The van der Waals surface area contributed by atoms with E-state index in [2.05, 4.69) is 52.4 Å². The van der Waals surface area contributed by atoms with Crippen LogP contribution in [0.25, 0.3) is 10.8 Å². The van der Waals surface area contributed by atoms with Crippen LogP contribution in [0.1, 0.15) is 44.2 Å². The molecule has 3 aromatic rings. The molecule has 0 saturated heterocycles. The number of halogens is 1. The molecule has 0 aromatic heterocycles. The van der Waals surface area contributed by atoms with Gasteiger partial charge in [0.2, 0.25) is 11.8 Å². The van der Waals surface area contributed by atoms with E-state index < -0.39 is 6.04 Å². The van der Waals surface area contributed by atoms with E-state index in [4.69, 9.17) is 0 Å². The zero-order valence-corrected chi connectivity index (χ0v) is 20.4. The predicted octanol–water partition coefficient (Wildman–Crippen LogP) is 5.87. The van der Waals surface area contributed by atoms with Gasteiger partial charge in [-0.25, -0.2) is 0 Å². The quantitative estimate of drug-likeness (QED) is 0.358. The molecular formula is C27H31BrN2O2. The first-order valence-corrected chi connectivity index (χ1v) is 12.1. The summed E-state index contributed by atoms with van der Waals surface area (Å²) < 4.78 is 0.957. The lowest BCUT2D eigenvalue weighted by Crippen LogP contribution is -2.47. The van der Waals surface area contributed by atoms with Crippen molar-refractivity contribution in [3.8, 4) is 0 Å². The molecule has 4 nitrogen and oxygen atoms in total. The number of nitrogens with zero attached hydrogens (tertiary/aromatic N) is 1. The number of hydrogen-bond acceptors (Lipinski definition) is 2. The molecule has 0 bridgehead atoms. The highest BCUT2D eigenvalue weighted by Crippen LogP contribution is 2.21. The molecule has 1 N–H and O–H groups in total. The smallest absolute Gasteiger partial charge is 0.242 e. The summed E-state index contributed by atoms with van der Waals surface area (Å²) in [6.45, 7) is 4.94. The third-order valence-electron chi connectivity index (χ3n) is 5.73. The van der Waals surface area contributed by atoms with Crippen molar-refractivity contribution in [2.45, 2.75) is 52.1 Å². The Morgan fingerprint density at radius 1 is 1.03 bits per heavy atom. The number of benzene rings is 3. The molecule has 0 fully saturated rings. The highest BCUT2D eigenvalue weighted by Gasteiger charge is 2.26. The fourth-order valence-corrected chi connectivity index (χ4v) is 4.29. The summed E-state index contributed by atoms with van der Waals surface area (Å²) in [4.78, 5) is 27.8. The van der Waals surface area contributed by atoms with Gasteiger partial charge < -0.3 is 10.2 Å². The molecule has 0 aliphatic carbocycles. The molecule has 168 valence electrons. The van der Waals surface area contributed by atoms with Crippen LogP contribution in [-0.4, -0.2) is 29.3 Å². The third-order valence-corrected chi connectivity index (χ3v) is 6.22. The van der Waals surface area contributed by atoms with Crippen molar-refractivity contribution >= 4 is 38.5 Å². The van der Waals surface area contributed by atoms with Gasteiger partial charge in [-0.1, -0.05) is 83.9 Å². The van der Waals surface area contributed by atoms with Gasteiger partial charge in [0, 0.05) is 24.0 Å². The van der Waals surface area contributed by atoms with Crippen LogP contribution in [0.15, 0.2) is 71.2 Å². The summed E-state index contributed by atoms with van der Waals surface area (Å²) in [5.74, 6) is -0.122. The van der Waals surface area contributed by atoms with E-state index in [-0.39, 0.29) is 11.8 Å². The molecule has 32 heavy (non-hydrogen) atoms. The lowest BCUT2D eigenvalue weighted by Gasteiger charge is -2.29. The van der Waals surface area contributed by atoms with Crippen LogP contribution >= 0.6 is 15.9 Å². The second-order valence-corrected chi connectivity index (χ2v) is 9.03. The maximum Gasteiger partial charge on any atom is 0.242 e. The summed E-state index contributed by atoms with van der Waals surface area (Å²) >= 11 is 3.50. The Morgan fingerprint density at radius 3 is 2.56 bits per heavy atom. The number of rotatable bonds is 10. The average molecular weight is 495 g/mol. The van der Waals surface area contributed by atoms with Crippen molar-refractivity contribution in [1.29, 1.82) is 0 Å². The summed E-state index contributed by atoms with van der Waals surface area (Å²) in [5, 5.41) is 5.32. The number of amides is 2. The van der Waals surface area contributed by atoms with Gasteiger partial charge in [0.25, 0.3) is 0 Å². The first-order valence-electron chi connectivity index (χ1n) is 11.3. The summed E-state index contributed by atoms with van der Waals surface area (Å²) in [5.41, 5.74) is 2.14. The third kappa shape index (κ3) is 6.42.